The first-order valence-corrected chi connectivity index (χ1v) is 7.54. The highest BCUT2D eigenvalue weighted by molar-refractivity contribution is 5.81. The van der Waals surface area contributed by atoms with Crippen LogP contribution in [-0.4, -0.2) is 39.0 Å². The van der Waals surface area contributed by atoms with Crippen molar-refractivity contribution in [1.29, 1.82) is 0 Å². The molecule has 1 aromatic carbocycles. The van der Waals surface area contributed by atoms with Gasteiger partial charge in [-0.1, -0.05) is 25.1 Å². The Morgan fingerprint density at radius 1 is 1.35 bits per heavy atom. The lowest BCUT2D eigenvalue weighted by Crippen LogP contribution is -2.42. The minimum Gasteiger partial charge on any atom is -0.392 e. The molecule has 0 aliphatic carbocycles. The molecule has 4 heteroatoms. The topological polar surface area (TPSA) is 41.3 Å². The van der Waals surface area contributed by atoms with E-state index in [4.69, 9.17) is 5.10 Å². The first-order valence-electron chi connectivity index (χ1n) is 7.54. The average molecular weight is 273 g/mol. The van der Waals surface area contributed by atoms with E-state index in [1.807, 2.05) is 0 Å². The third kappa shape index (κ3) is 2.45. The van der Waals surface area contributed by atoms with Gasteiger partial charge >= 0.3 is 0 Å². The van der Waals surface area contributed by atoms with Crippen LogP contribution >= 0.6 is 0 Å². The van der Waals surface area contributed by atoms with E-state index in [0.717, 1.165) is 38.3 Å². The molecule has 1 aromatic heterocycles. The van der Waals surface area contributed by atoms with Crippen molar-refractivity contribution in [3.63, 3.8) is 0 Å². The molecule has 0 bridgehead atoms. The lowest BCUT2D eigenvalue weighted by atomic mass is 9.96. The Morgan fingerprint density at radius 3 is 2.90 bits per heavy atom. The molecule has 0 radical (unpaired) electrons. The Labute approximate surface area is 120 Å². The van der Waals surface area contributed by atoms with E-state index in [1.54, 1.807) is 0 Å². The molecule has 2 heterocycles. The van der Waals surface area contributed by atoms with Crippen LogP contribution in [0.4, 0.5) is 0 Å². The van der Waals surface area contributed by atoms with E-state index >= 15 is 0 Å². The Balaban J connectivity index is 1.84. The number of aliphatic hydroxyl groups excluding tert-OH is 1. The molecule has 3 rings (SSSR count). The molecular weight excluding hydrogens is 250 g/mol. The molecule has 0 spiro atoms. The molecule has 1 N–H and O–H groups in total. The van der Waals surface area contributed by atoms with Gasteiger partial charge in [-0.15, -0.1) is 0 Å². The monoisotopic (exact) mass is 273 g/mol. The number of fused-ring (bicyclic) bond motifs is 1. The maximum Gasteiger partial charge on any atom is 0.0843 e. The van der Waals surface area contributed by atoms with Crippen LogP contribution in [0.25, 0.3) is 10.9 Å². The largest absolute Gasteiger partial charge is 0.392 e. The summed E-state index contributed by atoms with van der Waals surface area (Å²) in [5.41, 5.74) is 2.33. The fourth-order valence-electron chi connectivity index (χ4n) is 3.02. The van der Waals surface area contributed by atoms with Crippen LogP contribution in [0.3, 0.4) is 0 Å². The van der Waals surface area contributed by atoms with Crippen molar-refractivity contribution in [2.75, 3.05) is 13.1 Å². The number of benzene rings is 1. The first kappa shape index (κ1) is 13.6. The minimum absolute atomic E-state index is 0.205. The molecule has 0 saturated carbocycles. The zero-order valence-corrected chi connectivity index (χ0v) is 12.3. The SMILES string of the molecule is CCn1nc(CN2CCC(C)C(O)C2)c2ccccc21. The second kappa shape index (κ2) is 5.54. The van der Waals surface area contributed by atoms with Gasteiger partial charge in [0, 0.05) is 25.0 Å². The van der Waals surface area contributed by atoms with E-state index in [0.29, 0.717) is 5.92 Å². The Hall–Kier alpha value is -1.39. The van der Waals surface area contributed by atoms with Crippen LogP contribution in [0.1, 0.15) is 26.0 Å². The number of para-hydroxylation sites is 1. The number of hydrogen-bond acceptors (Lipinski definition) is 3. The van der Waals surface area contributed by atoms with Crippen molar-refractivity contribution in [2.45, 2.75) is 39.5 Å². The number of aromatic nitrogens is 2. The predicted molar refractivity (Wildman–Crippen MR) is 80.5 cm³/mol. The normalized spacial score (nSPS) is 24.4. The predicted octanol–water partition coefficient (Wildman–Crippen LogP) is 2.26. The highest BCUT2D eigenvalue weighted by Gasteiger charge is 2.25. The molecule has 1 aliphatic rings. The third-order valence-corrected chi connectivity index (χ3v) is 4.41. The highest BCUT2D eigenvalue weighted by atomic mass is 16.3. The van der Waals surface area contributed by atoms with Gasteiger partial charge < -0.3 is 5.11 Å². The van der Waals surface area contributed by atoms with E-state index in [-0.39, 0.29) is 6.10 Å². The van der Waals surface area contributed by atoms with Crippen LogP contribution in [-0.2, 0) is 13.1 Å². The number of nitrogens with zero attached hydrogens (tertiary/aromatic N) is 3. The summed E-state index contributed by atoms with van der Waals surface area (Å²) >= 11 is 0. The minimum atomic E-state index is -0.205. The van der Waals surface area contributed by atoms with Gasteiger partial charge in [0.2, 0.25) is 0 Å². The number of aliphatic hydroxyl groups is 1. The van der Waals surface area contributed by atoms with Crippen LogP contribution in [0, 0.1) is 5.92 Å². The summed E-state index contributed by atoms with van der Waals surface area (Å²) in [5.74, 6) is 0.413. The quantitative estimate of drug-likeness (QED) is 0.932. The molecule has 2 atom stereocenters. The molecule has 108 valence electrons. The fourth-order valence-corrected chi connectivity index (χ4v) is 3.02. The summed E-state index contributed by atoms with van der Waals surface area (Å²) in [5, 5.41) is 16.0. The van der Waals surface area contributed by atoms with Crippen LogP contribution in [0.5, 0.6) is 0 Å². The third-order valence-electron chi connectivity index (χ3n) is 4.41. The summed E-state index contributed by atoms with van der Waals surface area (Å²) in [6.45, 7) is 7.77. The van der Waals surface area contributed by atoms with Crippen LogP contribution in [0.2, 0.25) is 0 Å². The summed E-state index contributed by atoms with van der Waals surface area (Å²) in [6.07, 6.45) is 0.858. The fraction of sp³-hybridized carbons (Fsp3) is 0.562. The number of rotatable bonds is 3. The van der Waals surface area contributed by atoms with Crippen molar-refractivity contribution in [3.8, 4) is 0 Å². The highest BCUT2D eigenvalue weighted by Crippen LogP contribution is 2.23. The van der Waals surface area contributed by atoms with Gasteiger partial charge in [-0.3, -0.25) is 9.58 Å². The number of hydrogen-bond donors (Lipinski definition) is 1. The summed E-state index contributed by atoms with van der Waals surface area (Å²) in [6, 6.07) is 8.40. The Morgan fingerprint density at radius 2 is 2.15 bits per heavy atom. The van der Waals surface area contributed by atoms with E-state index < -0.39 is 0 Å². The summed E-state index contributed by atoms with van der Waals surface area (Å²) in [4.78, 5) is 2.32. The van der Waals surface area contributed by atoms with Crippen molar-refractivity contribution in [1.82, 2.24) is 14.7 Å². The molecule has 1 fully saturated rings. The zero-order valence-electron chi connectivity index (χ0n) is 12.3. The number of likely N-dealkylation sites (tertiary alicyclic amines) is 1. The standard InChI is InChI=1S/C16H23N3O/c1-3-19-15-7-5-4-6-13(15)14(17-19)10-18-9-8-12(2)16(20)11-18/h4-7,12,16,20H,3,8-11H2,1-2H3. The van der Waals surface area contributed by atoms with Gasteiger partial charge in [0.05, 0.1) is 17.3 Å². The smallest absolute Gasteiger partial charge is 0.0843 e. The van der Waals surface area contributed by atoms with Crippen LogP contribution < -0.4 is 0 Å². The second-order valence-corrected chi connectivity index (χ2v) is 5.85. The van der Waals surface area contributed by atoms with Crippen molar-refractivity contribution in [2.24, 2.45) is 5.92 Å². The molecule has 2 unspecified atom stereocenters. The lowest BCUT2D eigenvalue weighted by molar-refractivity contribution is 0.0255. The van der Waals surface area contributed by atoms with E-state index in [2.05, 4.69) is 47.7 Å². The number of β-amino-alcohol motifs (C(OH)–C–C–N with tert-alkyl or cyclic N) is 1. The first-order chi connectivity index (χ1) is 9.69. The molecule has 1 saturated heterocycles. The van der Waals surface area contributed by atoms with Gasteiger partial charge in [0.25, 0.3) is 0 Å². The van der Waals surface area contributed by atoms with E-state index in [1.165, 1.54) is 10.9 Å². The zero-order chi connectivity index (χ0) is 14.1. The van der Waals surface area contributed by atoms with Gasteiger partial charge in [0.1, 0.15) is 0 Å². The molecular formula is C16H23N3O. The molecule has 0 amide bonds. The number of piperidine rings is 1. The number of aryl methyl sites for hydroxylation is 1. The van der Waals surface area contributed by atoms with Crippen LogP contribution in [0.15, 0.2) is 24.3 Å². The summed E-state index contributed by atoms with van der Waals surface area (Å²) in [7, 11) is 0. The van der Waals surface area contributed by atoms with Crippen molar-refractivity contribution < 1.29 is 5.11 Å². The van der Waals surface area contributed by atoms with Gasteiger partial charge in [0.15, 0.2) is 0 Å². The molecule has 2 aromatic rings. The average Bonchev–Trinajstić information content (AvgIpc) is 2.81. The van der Waals surface area contributed by atoms with Crippen molar-refractivity contribution >= 4 is 10.9 Å². The Kier molecular flexibility index (Phi) is 3.76. The molecule has 1 aliphatic heterocycles. The van der Waals surface area contributed by atoms with Gasteiger partial charge in [-0.2, -0.15) is 5.10 Å². The lowest BCUT2D eigenvalue weighted by Gasteiger charge is -2.33. The van der Waals surface area contributed by atoms with Crippen molar-refractivity contribution in [3.05, 3.63) is 30.0 Å². The Bertz CT molecular complexity index is 592. The second-order valence-electron chi connectivity index (χ2n) is 5.85. The van der Waals surface area contributed by atoms with Gasteiger partial charge in [-0.05, 0) is 31.9 Å². The molecule has 20 heavy (non-hydrogen) atoms. The molecule has 4 nitrogen and oxygen atoms in total. The van der Waals surface area contributed by atoms with Gasteiger partial charge in [-0.25, -0.2) is 0 Å². The maximum atomic E-state index is 10.0. The van der Waals surface area contributed by atoms with E-state index in [9.17, 15) is 5.11 Å². The summed E-state index contributed by atoms with van der Waals surface area (Å²) < 4.78 is 2.06. The maximum absolute atomic E-state index is 10.0.